The van der Waals surface area contributed by atoms with Gasteiger partial charge in [0.2, 0.25) is 11.8 Å². The molecule has 154 valence electrons. The van der Waals surface area contributed by atoms with Crippen molar-refractivity contribution >= 4 is 29.3 Å². The summed E-state index contributed by atoms with van der Waals surface area (Å²) in [6, 6.07) is 17.7. The summed E-state index contributed by atoms with van der Waals surface area (Å²) < 4.78 is 0. The second kappa shape index (κ2) is 10.3. The molecule has 1 aliphatic heterocycles. The van der Waals surface area contributed by atoms with Gasteiger partial charge in [-0.15, -0.1) is 11.8 Å². The summed E-state index contributed by atoms with van der Waals surface area (Å²) in [6.45, 7) is 6.01. The van der Waals surface area contributed by atoms with Crippen molar-refractivity contribution in [1.29, 1.82) is 0 Å². The average molecular weight is 413 g/mol. The van der Waals surface area contributed by atoms with Crippen LogP contribution in [0.25, 0.3) is 0 Å². The molecular weight excluding hydrogens is 384 g/mol. The molecule has 1 fully saturated rings. The predicted molar refractivity (Wildman–Crippen MR) is 118 cm³/mol. The summed E-state index contributed by atoms with van der Waals surface area (Å²) in [7, 11) is 0. The minimum atomic E-state index is -0.359. The van der Waals surface area contributed by atoms with Crippen molar-refractivity contribution in [3.63, 3.8) is 0 Å². The van der Waals surface area contributed by atoms with Crippen LogP contribution in [0.2, 0.25) is 0 Å². The molecule has 2 aromatic carbocycles. The molecule has 0 bridgehead atoms. The van der Waals surface area contributed by atoms with E-state index >= 15 is 0 Å². The number of piperazine rings is 1. The van der Waals surface area contributed by atoms with Gasteiger partial charge in [0.05, 0.1) is 5.75 Å². The van der Waals surface area contributed by atoms with Crippen molar-refractivity contribution in [2.75, 3.05) is 37.2 Å². The monoisotopic (exact) mass is 412 g/mol. The van der Waals surface area contributed by atoms with Crippen LogP contribution in [0.1, 0.15) is 12.5 Å². The standard InChI is InChI=1S/C22H28N4O2S/c1-17(24-19-9-5-6-10-20(19)29-16-21(23)27)22(28)26-13-11-25(12-14-26)15-18-7-3-2-4-8-18/h2-10,17,24H,11-16H2,1H3,(H2,23,27)/t17-/m0/s1. The highest BCUT2D eigenvalue weighted by Gasteiger charge is 2.25. The van der Waals surface area contributed by atoms with E-state index in [1.807, 2.05) is 42.2 Å². The lowest BCUT2D eigenvalue weighted by molar-refractivity contribution is -0.133. The molecular formula is C22H28N4O2S. The summed E-state index contributed by atoms with van der Waals surface area (Å²) in [5, 5.41) is 3.30. The topological polar surface area (TPSA) is 78.7 Å². The Balaban J connectivity index is 1.52. The Labute approximate surface area is 176 Å². The van der Waals surface area contributed by atoms with Crippen LogP contribution in [-0.2, 0) is 16.1 Å². The number of benzene rings is 2. The first-order chi connectivity index (χ1) is 14.0. The van der Waals surface area contributed by atoms with Gasteiger partial charge in [-0.25, -0.2) is 0 Å². The smallest absolute Gasteiger partial charge is 0.244 e. The number of thioether (sulfide) groups is 1. The van der Waals surface area contributed by atoms with Crippen LogP contribution >= 0.6 is 11.8 Å². The van der Waals surface area contributed by atoms with Gasteiger partial charge in [-0.05, 0) is 24.6 Å². The molecule has 2 amide bonds. The zero-order valence-corrected chi connectivity index (χ0v) is 17.5. The molecule has 29 heavy (non-hydrogen) atoms. The third-order valence-corrected chi connectivity index (χ3v) is 6.03. The molecule has 0 aromatic heterocycles. The van der Waals surface area contributed by atoms with Crippen LogP contribution in [0.5, 0.6) is 0 Å². The highest BCUT2D eigenvalue weighted by Crippen LogP contribution is 2.27. The van der Waals surface area contributed by atoms with Crippen LogP contribution < -0.4 is 11.1 Å². The largest absolute Gasteiger partial charge is 0.373 e. The molecule has 0 aliphatic carbocycles. The van der Waals surface area contributed by atoms with E-state index in [9.17, 15) is 9.59 Å². The molecule has 1 heterocycles. The van der Waals surface area contributed by atoms with Crippen molar-refractivity contribution in [3.05, 3.63) is 60.2 Å². The van der Waals surface area contributed by atoms with Crippen molar-refractivity contribution < 1.29 is 9.59 Å². The van der Waals surface area contributed by atoms with Gasteiger partial charge in [0.15, 0.2) is 0 Å². The fraction of sp³-hybridized carbons (Fsp3) is 0.364. The molecule has 1 atom stereocenters. The van der Waals surface area contributed by atoms with E-state index in [1.54, 1.807) is 0 Å². The highest BCUT2D eigenvalue weighted by atomic mass is 32.2. The van der Waals surface area contributed by atoms with E-state index in [1.165, 1.54) is 17.3 Å². The quantitative estimate of drug-likeness (QED) is 0.651. The number of hydrogen-bond acceptors (Lipinski definition) is 5. The first kappa shape index (κ1) is 21.2. The second-order valence-corrected chi connectivity index (χ2v) is 8.22. The third kappa shape index (κ3) is 6.24. The zero-order valence-electron chi connectivity index (χ0n) is 16.7. The van der Waals surface area contributed by atoms with Gasteiger partial charge in [-0.1, -0.05) is 42.5 Å². The minimum absolute atomic E-state index is 0.0964. The summed E-state index contributed by atoms with van der Waals surface area (Å²) in [6.07, 6.45) is 0. The molecule has 7 heteroatoms. The number of anilines is 1. The van der Waals surface area contributed by atoms with E-state index in [4.69, 9.17) is 5.73 Å². The first-order valence-electron chi connectivity index (χ1n) is 9.84. The van der Waals surface area contributed by atoms with E-state index in [0.29, 0.717) is 0 Å². The summed E-state index contributed by atoms with van der Waals surface area (Å²) >= 11 is 1.38. The lowest BCUT2D eigenvalue weighted by Crippen LogP contribution is -2.51. The molecule has 0 radical (unpaired) electrons. The van der Waals surface area contributed by atoms with Gasteiger partial charge in [0.25, 0.3) is 0 Å². The van der Waals surface area contributed by atoms with E-state index in [0.717, 1.165) is 43.3 Å². The van der Waals surface area contributed by atoms with E-state index in [-0.39, 0.29) is 23.6 Å². The predicted octanol–water partition coefficient (Wildman–Crippen LogP) is 2.41. The van der Waals surface area contributed by atoms with Crippen molar-refractivity contribution in [2.24, 2.45) is 5.73 Å². The number of hydrogen-bond donors (Lipinski definition) is 2. The number of carbonyl (C=O) groups is 2. The van der Waals surface area contributed by atoms with Crippen LogP contribution in [0.3, 0.4) is 0 Å². The molecule has 3 N–H and O–H groups in total. The Hall–Kier alpha value is -2.51. The maximum Gasteiger partial charge on any atom is 0.244 e. The van der Waals surface area contributed by atoms with Gasteiger partial charge >= 0.3 is 0 Å². The summed E-state index contributed by atoms with van der Waals surface area (Å²) in [5.74, 6) is -0.0499. The Morgan fingerprint density at radius 2 is 1.69 bits per heavy atom. The van der Waals surface area contributed by atoms with Crippen LogP contribution in [-0.4, -0.2) is 59.6 Å². The normalized spacial score (nSPS) is 15.7. The Morgan fingerprint density at radius 1 is 1.03 bits per heavy atom. The lowest BCUT2D eigenvalue weighted by atomic mass is 10.2. The van der Waals surface area contributed by atoms with Gasteiger partial charge in [-0.3, -0.25) is 14.5 Å². The average Bonchev–Trinajstić information content (AvgIpc) is 2.74. The van der Waals surface area contributed by atoms with Crippen molar-refractivity contribution in [2.45, 2.75) is 24.4 Å². The fourth-order valence-corrected chi connectivity index (χ4v) is 4.15. The molecule has 1 aliphatic rings. The zero-order chi connectivity index (χ0) is 20.6. The third-order valence-electron chi connectivity index (χ3n) is 4.93. The SMILES string of the molecule is C[C@H](Nc1ccccc1SCC(N)=O)C(=O)N1CCN(Cc2ccccc2)CC1. The number of rotatable bonds is 8. The number of nitrogens with one attached hydrogen (secondary N) is 1. The molecule has 2 aromatic rings. The summed E-state index contributed by atoms with van der Waals surface area (Å²) in [4.78, 5) is 29.2. The van der Waals surface area contributed by atoms with Gasteiger partial charge in [-0.2, -0.15) is 0 Å². The molecule has 0 unspecified atom stereocenters. The van der Waals surface area contributed by atoms with E-state index < -0.39 is 0 Å². The lowest BCUT2D eigenvalue weighted by Gasteiger charge is -2.36. The number of amides is 2. The van der Waals surface area contributed by atoms with Crippen LogP contribution in [0, 0.1) is 0 Å². The number of nitrogens with two attached hydrogens (primary N) is 1. The number of para-hydroxylation sites is 1. The fourth-order valence-electron chi connectivity index (χ4n) is 3.40. The Kier molecular flexibility index (Phi) is 7.55. The second-order valence-electron chi connectivity index (χ2n) is 7.20. The first-order valence-corrected chi connectivity index (χ1v) is 10.8. The molecule has 1 saturated heterocycles. The number of primary amides is 1. The van der Waals surface area contributed by atoms with Crippen LogP contribution in [0.15, 0.2) is 59.5 Å². The van der Waals surface area contributed by atoms with E-state index in [2.05, 4.69) is 34.5 Å². The maximum atomic E-state index is 12.9. The summed E-state index contributed by atoms with van der Waals surface area (Å²) in [5.41, 5.74) is 7.40. The van der Waals surface area contributed by atoms with Gasteiger partial charge in [0, 0.05) is 43.3 Å². The molecule has 3 rings (SSSR count). The molecule has 6 nitrogen and oxygen atoms in total. The highest BCUT2D eigenvalue weighted by molar-refractivity contribution is 8.00. The Morgan fingerprint density at radius 3 is 2.38 bits per heavy atom. The number of carbonyl (C=O) groups excluding carboxylic acids is 2. The van der Waals surface area contributed by atoms with Crippen molar-refractivity contribution in [3.8, 4) is 0 Å². The maximum absolute atomic E-state index is 12.9. The Bertz CT molecular complexity index is 823. The van der Waals surface area contributed by atoms with Gasteiger partial charge < -0.3 is 16.0 Å². The van der Waals surface area contributed by atoms with Crippen molar-refractivity contribution in [1.82, 2.24) is 9.80 Å². The van der Waals surface area contributed by atoms with Gasteiger partial charge in [0.1, 0.15) is 6.04 Å². The molecule has 0 spiro atoms. The number of nitrogens with zero attached hydrogens (tertiary/aromatic N) is 2. The molecule has 0 saturated carbocycles. The minimum Gasteiger partial charge on any atom is -0.373 e. The van der Waals surface area contributed by atoms with Crippen LogP contribution in [0.4, 0.5) is 5.69 Å².